The van der Waals surface area contributed by atoms with E-state index >= 15 is 0 Å². The minimum absolute atomic E-state index is 0.247. The Morgan fingerprint density at radius 1 is 1.06 bits per heavy atom. The molecule has 3 heteroatoms. The van der Waals surface area contributed by atoms with Crippen molar-refractivity contribution in [3.8, 4) is 0 Å². The minimum atomic E-state index is -0.257. The summed E-state index contributed by atoms with van der Waals surface area (Å²) in [5.41, 5.74) is 3.05. The highest BCUT2D eigenvalue weighted by atomic mass is 79.9. The van der Waals surface area contributed by atoms with E-state index in [4.69, 9.17) is 11.6 Å². The van der Waals surface area contributed by atoms with Crippen LogP contribution in [0.2, 0.25) is 0 Å². The van der Waals surface area contributed by atoms with Crippen LogP contribution in [0.1, 0.15) is 22.1 Å². The van der Waals surface area contributed by atoms with Crippen LogP contribution >= 0.6 is 27.5 Å². The maximum atomic E-state index is 12.8. The zero-order valence-corrected chi connectivity index (χ0v) is 11.6. The predicted octanol–water partition coefficient (Wildman–Crippen LogP) is 5.22. The van der Waals surface area contributed by atoms with E-state index in [1.54, 1.807) is 12.1 Å². The number of aryl methyl sites for hydroxylation is 1. The average Bonchev–Trinajstić information content (AvgIpc) is 2.33. The molecule has 0 aliphatic rings. The second-order valence-electron chi connectivity index (χ2n) is 3.92. The molecule has 0 heterocycles. The molecule has 0 spiro atoms. The van der Waals surface area contributed by atoms with Gasteiger partial charge in [0, 0.05) is 4.47 Å². The Hall–Kier alpha value is -0.860. The molecule has 0 N–H and O–H groups in total. The van der Waals surface area contributed by atoms with Gasteiger partial charge in [0.05, 0.1) is 5.38 Å². The van der Waals surface area contributed by atoms with E-state index in [0.29, 0.717) is 0 Å². The molecular weight excluding hydrogens is 303 g/mol. The number of halogens is 3. The number of alkyl halides is 1. The van der Waals surface area contributed by atoms with Gasteiger partial charge in [-0.1, -0.05) is 40.2 Å². The summed E-state index contributed by atoms with van der Waals surface area (Å²) >= 11 is 9.84. The molecule has 0 saturated heterocycles. The summed E-state index contributed by atoms with van der Waals surface area (Å²) in [6.45, 7) is 2.02. The van der Waals surface area contributed by atoms with Gasteiger partial charge in [0.1, 0.15) is 5.82 Å². The van der Waals surface area contributed by atoms with Crippen molar-refractivity contribution in [3.05, 3.63) is 69.4 Å². The van der Waals surface area contributed by atoms with Crippen molar-refractivity contribution in [1.82, 2.24) is 0 Å². The maximum absolute atomic E-state index is 12.8. The standard InChI is InChI=1S/C14H11BrClF/c1-9-2-3-11(8-13(9)15)14(16)10-4-6-12(17)7-5-10/h2-8,14H,1H3. The summed E-state index contributed by atoms with van der Waals surface area (Å²) < 4.78 is 13.8. The van der Waals surface area contributed by atoms with E-state index in [-0.39, 0.29) is 11.2 Å². The monoisotopic (exact) mass is 312 g/mol. The zero-order chi connectivity index (χ0) is 12.4. The van der Waals surface area contributed by atoms with E-state index < -0.39 is 0 Å². The van der Waals surface area contributed by atoms with Crippen LogP contribution in [0.15, 0.2) is 46.9 Å². The van der Waals surface area contributed by atoms with E-state index in [0.717, 1.165) is 21.2 Å². The lowest BCUT2D eigenvalue weighted by molar-refractivity contribution is 0.627. The second-order valence-corrected chi connectivity index (χ2v) is 5.21. The fraction of sp³-hybridized carbons (Fsp3) is 0.143. The quantitative estimate of drug-likeness (QED) is 0.666. The summed E-state index contributed by atoms with van der Waals surface area (Å²) in [5.74, 6) is -0.247. The molecule has 0 bridgehead atoms. The van der Waals surface area contributed by atoms with E-state index in [2.05, 4.69) is 15.9 Å². The summed E-state index contributed by atoms with van der Waals surface area (Å²) in [6.07, 6.45) is 0. The molecule has 0 amide bonds. The molecule has 0 saturated carbocycles. The van der Waals surface area contributed by atoms with Gasteiger partial charge in [0.15, 0.2) is 0 Å². The maximum Gasteiger partial charge on any atom is 0.123 e. The molecule has 0 radical (unpaired) electrons. The number of hydrogen-bond acceptors (Lipinski definition) is 0. The first-order valence-electron chi connectivity index (χ1n) is 5.23. The van der Waals surface area contributed by atoms with Crippen LogP contribution in [-0.4, -0.2) is 0 Å². The van der Waals surface area contributed by atoms with E-state index in [1.807, 2.05) is 25.1 Å². The van der Waals surface area contributed by atoms with Gasteiger partial charge in [-0.05, 0) is 41.8 Å². The largest absolute Gasteiger partial charge is 0.207 e. The molecule has 2 aromatic rings. The minimum Gasteiger partial charge on any atom is -0.207 e. The van der Waals surface area contributed by atoms with Gasteiger partial charge in [-0.25, -0.2) is 4.39 Å². The Morgan fingerprint density at radius 2 is 1.65 bits per heavy atom. The second kappa shape index (κ2) is 5.19. The Balaban J connectivity index is 2.33. The first kappa shape index (κ1) is 12.6. The highest BCUT2D eigenvalue weighted by Crippen LogP contribution is 2.31. The molecular formula is C14H11BrClF. The third-order valence-electron chi connectivity index (χ3n) is 2.65. The fourth-order valence-corrected chi connectivity index (χ4v) is 2.27. The van der Waals surface area contributed by atoms with Gasteiger partial charge < -0.3 is 0 Å². The Kier molecular flexibility index (Phi) is 3.85. The molecule has 2 rings (SSSR count). The average molecular weight is 314 g/mol. The molecule has 0 nitrogen and oxygen atoms in total. The first-order valence-corrected chi connectivity index (χ1v) is 6.46. The van der Waals surface area contributed by atoms with Crippen LogP contribution < -0.4 is 0 Å². The molecule has 88 valence electrons. The fourth-order valence-electron chi connectivity index (χ4n) is 1.59. The van der Waals surface area contributed by atoms with Crippen LogP contribution in [0, 0.1) is 12.7 Å². The molecule has 17 heavy (non-hydrogen) atoms. The molecule has 0 aliphatic heterocycles. The van der Waals surface area contributed by atoms with Gasteiger partial charge in [0.25, 0.3) is 0 Å². The van der Waals surface area contributed by atoms with Crippen molar-refractivity contribution in [2.45, 2.75) is 12.3 Å². The summed E-state index contributed by atoms with van der Waals surface area (Å²) in [7, 11) is 0. The normalized spacial score (nSPS) is 12.5. The number of hydrogen-bond donors (Lipinski definition) is 0. The van der Waals surface area contributed by atoms with Gasteiger partial charge in [-0.15, -0.1) is 11.6 Å². The first-order chi connectivity index (χ1) is 8.08. The molecule has 0 aromatic heterocycles. The van der Waals surface area contributed by atoms with Crippen LogP contribution in [0.3, 0.4) is 0 Å². The Labute approximate surface area is 114 Å². The predicted molar refractivity (Wildman–Crippen MR) is 73.0 cm³/mol. The molecule has 1 atom stereocenters. The van der Waals surface area contributed by atoms with Crippen LogP contribution in [0.5, 0.6) is 0 Å². The van der Waals surface area contributed by atoms with Gasteiger partial charge in [-0.2, -0.15) is 0 Å². The van der Waals surface area contributed by atoms with E-state index in [9.17, 15) is 4.39 Å². The molecule has 0 fully saturated rings. The van der Waals surface area contributed by atoms with Crippen LogP contribution in [0.4, 0.5) is 4.39 Å². The van der Waals surface area contributed by atoms with Crippen LogP contribution in [-0.2, 0) is 0 Å². The van der Waals surface area contributed by atoms with E-state index in [1.165, 1.54) is 12.1 Å². The molecule has 1 unspecified atom stereocenters. The van der Waals surface area contributed by atoms with Gasteiger partial charge >= 0.3 is 0 Å². The number of benzene rings is 2. The lowest BCUT2D eigenvalue weighted by Gasteiger charge is -2.11. The molecule has 2 aromatic carbocycles. The smallest absolute Gasteiger partial charge is 0.123 e. The summed E-state index contributed by atoms with van der Waals surface area (Å²) in [4.78, 5) is 0. The topological polar surface area (TPSA) is 0 Å². The summed E-state index contributed by atoms with van der Waals surface area (Å²) in [5, 5.41) is -0.257. The SMILES string of the molecule is Cc1ccc(C(Cl)c2ccc(F)cc2)cc1Br. The highest BCUT2D eigenvalue weighted by molar-refractivity contribution is 9.10. The zero-order valence-electron chi connectivity index (χ0n) is 9.25. The third-order valence-corrected chi connectivity index (χ3v) is 4.01. The van der Waals surface area contributed by atoms with Crippen molar-refractivity contribution in [3.63, 3.8) is 0 Å². The molecule has 0 aliphatic carbocycles. The van der Waals surface area contributed by atoms with Gasteiger partial charge in [-0.3, -0.25) is 0 Å². The van der Waals surface area contributed by atoms with Crippen molar-refractivity contribution in [2.75, 3.05) is 0 Å². The van der Waals surface area contributed by atoms with Crippen molar-refractivity contribution < 1.29 is 4.39 Å². The van der Waals surface area contributed by atoms with Crippen LogP contribution in [0.25, 0.3) is 0 Å². The van der Waals surface area contributed by atoms with Gasteiger partial charge in [0.2, 0.25) is 0 Å². The van der Waals surface area contributed by atoms with Crippen molar-refractivity contribution in [1.29, 1.82) is 0 Å². The Bertz CT molecular complexity index is 522. The van der Waals surface area contributed by atoms with Crippen molar-refractivity contribution >= 4 is 27.5 Å². The third kappa shape index (κ3) is 2.88. The Morgan fingerprint density at radius 3 is 2.24 bits per heavy atom. The van der Waals surface area contributed by atoms with Crippen molar-refractivity contribution in [2.24, 2.45) is 0 Å². The lowest BCUT2D eigenvalue weighted by Crippen LogP contribution is -1.94. The lowest BCUT2D eigenvalue weighted by atomic mass is 10.0. The number of rotatable bonds is 2. The highest BCUT2D eigenvalue weighted by Gasteiger charge is 2.11. The summed E-state index contributed by atoms with van der Waals surface area (Å²) in [6, 6.07) is 12.3.